The average Bonchev–Trinajstić information content (AvgIpc) is 3.06. The minimum Gasteiger partial charge on any atom is -0.350 e. The fourth-order valence-corrected chi connectivity index (χ4v) is 3.96. The second-order valence-corrected chi connectivity index (χ2v) is 7.13. The molecule has 0 saturated heterocycles. The highest BCUT2D eigenvalue weighted by Crippen LogP contribution is 2.23. The number of thiazole rings is 1. The molecule has 0 unspecified atom stereocenters. The van der Waals surface area contributed by atoms with Gasteiger partial charge in [0.25, 0.3) is 5.91 Å². The number of aryl methyl sites for hydroxylation is 1. The summed E-state index contributed by atoms with van der Waals surface area (Å²) in [6.45, 7) is 5.60. The summed E-state index contributed by atoms with van der Waals surface area (Å²) in [4.78, 5) is 20.6. The Hall–Kier alpha value is -1.24. The molecule has 3 rings (SSSR count). The Morgan fingerprint density at radius 3 is 3.25 bits per heavy atom. The molecule has 1 aliphatic heterocycles. The van der Waals surface area contributed by atoms with Crippen LogP contribution in [0.15, 0.2) is 17.6 Å². The number of carbonyl (C=O) groups excluding carboxylic acids is 1. The number of thiophene rings is 1. The van der Waals surface area contributed by atoms with Crippen molar-refractivity contribution in [2.75, 3.05) is 19.6 Å². The molecule has 0 radical (unpaired) electrons. The van der Waals surface area contributed by atoms with Gasteiger partial charge < -0.3 is 5.32 Å². The molecule has 0 atom stereocenters. The Bertz CT molecular complexity index is 605. The van der Waals surface area contributed by atoms with Gasteiger partial charge in [-0.15, -0.1) is 22.7 Å². The van der Waals surface area contributed by atoms with Gasteiger partial charge >= 0.3 is 0 Å². The summed E-state index contributed by atoms with van der Waals surface area (Å²) in [7, 11) is 0. The molecule has 6 heteroatoms. The molecule has 0 spiro atoms. The van der Waals surface area contributed by atoms with Crippen LogP contribution in [-0.2, 0) is 13.0 Å². The molecule has 0 aliphatic carbocycles. The summed E-state index contributed by atoms with van der Waals surface area (Å²) in [6, 6.07) is 2.21. The van der Waals surface area contributed by atoms with Gasteiger partial charge in [0.1, 0.15) is 4.88 Å². The molecule has 2 aromatic rings. The molecule has 4 nitrogen and oxygen atoms in total. The van der Waals surface area contributed by atoms with E-state index in [4.69, 9.17) is 0 Å². The van der Waals surface area contributed by atoms with Crippen molar-refractivity contribution in [3.8, 4) is 0 Å². The summed E-state index contributed by atoms with van der Waals surface area (Å²) >= 11 is 3.29. The van der Waals surface area contributed by atoms with Gasteiger partial charge in [0.2, 0.25) is 0 Å². The van der Waals surface area contributed by atoms with Gasteiger partial charge in [-0.05, 0) is 30.4 Å². The third-order valence-electron chi connectivity index (χ3n) is 3.45. The lowest BCUT2D eigenvalue weighted by Crippen LogP contribution is -2.37. The maximum atomic E-state index is 11.9. The molecule has 0 bridgehead atoms. The molecule has 1 N–H and O–H groups in total. The normalized spacial score (nSPS) is 15.1. The number of nitrogens with one attached hydrogen (secondary N) is 1. The molecular weight excluding hydrogens is 290 g/mol. The smallest absolute Gasteiger partial charge is 0.263 e. The zero-order valence-electron chi connectivity index (χ0n) is 11.4. The predicted octanol–water partition coefficient (Wildman–Crippen LogP) is 2.30. The molecular formula is C14H17N3OS2. The van der Waals surface area contributed by atoms with E-state index in [1.807, 2.05) is 18.3 Å². The van der Waals surface area contributed by atoms with E-state index in [0.29, 0.717) is 11.4 Å². The van der Waals surface area contributed by atoms with Gasteiger partial charge in [-0.25, -0.2) is 4.98 Å². The van der Waals surface area contributed by atoms with Crippen molar-refractivity contribution in [1.29, 1.82) is 0 Å². The van der Waals surface area contributed by atoms with Crippen LogP contribution in [0, 0.1) is 6.92 Å². The number of rotatable bonds is 4. The molecule has 1 amide bonds. The van der Waals surface area contributed by atoms with E-state index in [0.717, 1.165) is 31.1 Å². The van der Waals surface area contributed by atoms with Crippen LogP contribution in [0.25, 0.3) is 0 Å². The number of aromatic nitrogens is 1. The summed E-state index contributed by atoms with van der Waals surface area (Å²) in [5.41, 5.74) is 1.45. The monoisotopic (exact) mass is 307 g/mol. The maximum Gasteiger partial charge on any atom is 0.263 e. The van der Waals surface area contributed by atoms with Crippen molar-refractivity contribution in [2.45, 2.75) is 19.9 Å². The summed E-state index contributed by atoms with van der Waals surface area (Å²) in [5.74, 6) is -0.0103. The first-order chi connectivity index (χ1) is 9.72. The van der Waals surface area contributed by atoms with Crippen LogP contribution in [0.3, 0.4) is 0 Å². The van der Waals surface area contributed by atoms with Crippen molar-refractivity contribution >= 4 is 28.6 Å². The van der Waals surface area contributed by atoms with Crippen LogP contribution in [0.1, 0.15) is 25.1 Å². The van der Waals surface area contributed by atoms with Crippen molar-refractivity contribution in [3.05, 3.63) is 38.0 Å². The molecule has 2 aromatic heterocycles. The first kappa shape index (κ1) is 13.7. The van der Waals surface area contributed by atoms with E-state index in [1.165, 1.54) is 21.8 Å². The minimum atomic E-state index is -0.0103. The standard InChI is InChI=1S/C14H17N3OS2/c1-10-16-8-13(20-10)14(18)15-4-6-17-5-2-12-11(9-17)3-7-19-12/h3,7-8H,2,4-6,9H2,1H3,(H,15,18). The average molecular weight is 307 g/mol. The van der Waals surface area contributed by atoms with E-state index in [-0.39, 0.29) is 5.91 Å². The lowest BCUT2D eigenvalue weighted by atomic mass is 10.1. The largest absolute Gasteiger partial charge is 0.350 e. The van der Waals surface area contributed by atoms with Crippen molar-refractivity contribution in [2.24, 2.45) is 0 Å². The first-order valence-electron chi connectivity index (χ1n) is 6.70. The number of hydrogen-bond acceptors (Lipinski definition) is 5. The van der Waals surface area contributed by atoms with Crippen LogP contribution in [0.5, 0.6) is 0 Å². The van der Waals surface area contributed by atoms with Crippen molar-refractivity contribution in [1.82, 2.24) is 15.2 Å². The topological polar surface area (TPSA) is 45.2 Å². The van der Waals surface area contributed by atoms with Gasteiger partial charge in [-0.2, -0.15) is 0 Å². The maximum absolute atomic E-state index is 11.9. The Kier molecular flexibility index (Phi) is 4.14. The molecule has 1 aliphatic rings. The summed E-state index contributed by atoms with van der Waals surface area (Å²) in [5, 5.41) is 6.07. The molecule has 0 fully saturated rings. The summed E-state index contributed by atoms with van der Waals surface area (Å²) in [6.07, 6.45) is 2.78. The van der Waals surface area contributed by atoms with Gasteiger partial charge in [0.15, 0.2) is 0 Å². The number of amides is 1. The lowest BCUT2D eigenvalue weighted by Gasteiger charge is -2.26. The summed E-state index contributed by atoms with van der Waals surface area (Å²) < 4.78 is 0. The van der Waals surface area contributed by atoms with Crippen LogP contribution < -0.4 is 5.32 Å². The van der Waals surface area contributed by atoms with Crippen LogP contribution in [0.2, 0.25) is 0 Å². The zero-order valence-corrected chi connectivity index (χ0v) is 13.0. The van der Waals surface area contributed by atoms with Crippen molar-refractivity contribution in [3.63, 3.8) is 0 Å². The van der Waals surface area contributed by atoms with Gasteiger partial charge in [0.05, 0.1) is 11.2 Å². The fourth-order valence-electron chi connectivity index (χ4n) is 2.38. The van der Waals surface area contributed by atoms with E-state index in [9.17, 15) is 4.79 Å². The van der Waals surface area contributed by atoms with E-state index in [2.05, 4.69) is 26.6 Å². The van der Waals surface area contributed by atoms with Crippen molar-refractivity contribution < 1.29 is 4.79 Å². The Balaban J connectivity index is 1.46. The minimum absolute atomic E-state index is 0.0103. The predicted molar refractivity (Wildman–Crippen MR) is 82.5 cm³/mol. The molecule has 0 aromatic carbocycles. The Labute approximate surface area is 126 Å². The lowest BCUT2D eigenvalue weighted by molar-refractivity contribution is 0.0951. The molecule has 3 heterocycles. The molecule has 0 saturated carbocycles. The second kappa shape index (κ2) is 6.03. The van der Waals surface area contributed by atoms with Crippen LogP contribution >= 0.6 is 22.7 Å². The van der Waals surface area contributed by atoms with Crippen LogP contribution in [-0.4, -0.2) is 35.4 Å². The highest BCUT2D eigenvalue weighted by Gasteiger charge is 2.17. The first-order valence-corrected chi connectivity index (χ1v) is 8.40. The van der Waals surface area contributed by atoms with Gasteiger partial charge in [0, 0.05) is 31.1 Å². The second-order valence-electron chi connectivity index (χ2n) is 4.89. The number of nitrogens with zero attached hydrogens (tertiary/aromatic N) is 2. The van der Waals surface area contributed by atoms with Crippen LogP contribution in [0.4, 0.5) is 0 Å². The van der Waals surface area contributed by atoms with Gasteiger partial charge in [-0.1, -0.05) is 0 Å². The highest BCUT2D eigenvalue weighted by molar-refractivity contribution is 7.13. The molecule has 20 heavy (non-hydrogen) atoms. The third kappa shape index (κ3) is 3.08. The fraction of sp³-hybridized carbons (Fsp3) is 0.429. The highest BCUT2D eigenvalue weighted by atomic mass is 32.1. The quantitative estimate of drug-likeness (QED) is 0.943. The molecule has 106 valence electrons. The number of hydrogen-bond donors (Lipinski definition) is 1. The van der Waals surface area contributed by atoms with Gasteiger partial charge in [-0.3, -0.25) is 9.69 Å². The Morgan fingerprint density at radius 1 is 1.55 bits per heavy atom. The third-order valence-corrected chi connectivity index (χ3v) is 5.38. The van der Waals surface area contributed by atoms with E-state index >= 15 is 0 Å². The SMILES string of the molecule is Cc1ncc(C(=O)NCCN2CCc3sccc3C2)s1. The van der Waals surface area contributed by atoms with E-state index < -0.39 is 0 Å². The van der Waals surface area contributed by atoms with E-state index in [1.54, 1.807) is 6.20 Å². The Morgan fingerprint density at radius 2 is 2.45 bits per heavy atom. The number of fused-ring (bicyclic) bond motifs is 1. The zero-order chi connectivity index (χ0) is 13.9. The number of carbonyl (C=O) groups is 1.